The minimum absolute atomic E-state index is 0.237. The molecule has 3 aliphatic heterocycles. The van der Waals surface area contributed by atoms with Gasteiger partial charge in [0.1, 0.15) is 0 Å². The van der Waals surface area contributed by atoms with Crippen molar-refractivity contribution in [3.05, 3.63) is 27.1 Å². The number of hydrogen-bond acceptors (Lipinski definition) is 5. The minimum atomic E-state index is -0.317. The summed E-state index contributed by atoms with van der Waals surface area (Å²) < 4.78 is 0. The highest BCUT2D eigenvalue weighted by molar-refractivity contribution is 7.13. The van der Waals surface area contributed by atoms with Crippen LogP contribution in [0.15, 0.2) is 11.4 Å². The molecular formula is C12H17N3O2S. The normalized spacial score (nSPS) is 30.6. The van der Waals surface area contributed by atoms with E-state index in [-0.39, 0.29) is 9.92 Å². The van der Waals surface area contributed by atoms with Crippen LogP contribution in [0, 0.1) is 16.0 Å². The first-order valence-corrected chi connectivity index (χ1v) is 7.28. The van der Waals surface area contributed by atoms with Gasteiger partial charge in [-0.25, -0.2) is 0 Å². The molecule has 3 aliphatic rings. The molecule has 3 saturated heterocycles. The van der Waals surface area contributed by atoms with Gasteiger partial charge in [-0.05, 0) is 37.4 Å². The Morgan fingerprint density at radius 1 is 1.50 bits per heavy atom. The Labute approximate surface area is 110 Å². The number of nitro groups is 1. The number of piperidine rings is 3. The van der Waals surface area contributed by atoms with Gasteiger partial charge in [0.2, 0.25) is 0 Å². The van der Waals surface area contributed by atoms with Gasteiger partial charge in [-0.3, -0.25) is 10.1 Å². The highest BCUT2D eigenvalue weighted by Crippen LogP contribution is 2.28. The second-order valence-corrected chi connectivity index (χ2v) is 6.07. The summed E-state index contributed by atoms with van der Waals surface area (Å²) in [5.74, 6) is 0.795. The van der Waals surface area contributed by atoms with Crippen LogP contribution < -0.4 is 5.32 Å². The van der Waals surface area contributed by atoms with Gasteiger partial charge in [0.15, 0.2) is 0 Å². The summed E-state index contributed by atoms with van der Waals surface area (Å²) >= 11 is 1.21. The number of nitrogens with one attached hydrogen (secondary N) is 1. The zero-order chi connectivity index (χ0) is 12.5. The number of hydrogen-bond donors (Lipinski definition) is 1. The van der Waals surface area contributed by atoms with E-state index in [2.05, 4.69) is 10.2 Å². The Bertz CT molecular complexity index is 440. The second-order valence-electron chi connectivity index (χ2n) is 5.18. The Morgan fingerprint density at radius 2 is 2.28 bits per heavy atom. The Morgan fingerprint density at radius 3 is 2.83 bits per heavy atom. The Balaban J connectivity index is 1.56. The van der Waals surface area contributed by atoms with E-state index in [1.54, 1.807) is 6.07 Å². The molecule has 0 radical (unpaired) electrons. The van der Waals surface area contributed by atoms with Gasteiger partial charge in [-0.15, -0.1) is 0 Å². The van der Waals surface area contributed by atoms with Crippen LogP contribution in [-0.4, -0.2) is 35.5 Å². The first kappa shape index (κ1) is 12.1. The second kappa shape index (κ2) is 4.95. The maximum atomic E-state index is 10.6. The topological polar surface area (TPSA) is 58.4 Å². The molecule has 4 heterocycles. The van der Waals surface area contributed by atoms with Crippen molar-refractivity contribution in [1.29, 1.82) is 0 Å². The van der Waals surface area contributed by atoms with Gasteiger partial charge in [-0.2, -0.15) is 0 Å². The molecule has 5 nitrogen and oxygen atoms in total. The van der Waals surface area contributed by atoms with Crippen LogP contribution in [0.4, 0.5) is 5.00 Å². The van der Waals surface area contributed by atoms with Crippen LogP contribution in [0.1, 0.15) is 18.4 Å². The van der Waals surface area contributed by atoms with Crippen molar-refractivity contribution in [1.82, 2.24) is 10.2 Å². The van der Waals surface area contributed by atoms with Crippen LogP contribution in [0.5, 0.6) is 0 Å². The summed E-state index contributed by atoms with van der Waals surface area (Å²) in [5.41, 5.74) is 1.03. The van der Waals surface area contributed by atoms with E-state index in [4.69, 9.17) is 0 Å². The fourth-order valence-corrected chi connectivity index (χ4v) is 3.73. The van der Waals surface area contributed by atoms with Crippen LogP contribution >= 0.6 is 11.3 Å². The largest absolute Gasteiger partial charge is 0.324 e. The Kier molecular flexibility index (Phi) is 3.32. The lowest BCUT2D eigenvalue weighted by molar-refractivity contribution is -0.380. The average Bonchev–Trinajstić information content (AvgIpc) is 2.87. The fourth-order valence-electron chi connectivity index (χ4n) is 3.00. The number of nitrogens with zero attached hydrogens (tertiary/aromatic N) is 2. The lowest BCUT2D eigenvalue weighted by Gasteiger charge is -2.45. The van der Waals surface area contributed by atoms with Gasteiger partial charge in [0.25, 0.3) is 0 Å². The molecule has 0 aromatic carbocycles. The van der Waals surface area contributed by atoms with E-state index in [0.717, 1.165) is 24.6 Å². The maximum absolute atomic E-state index is 10.6. The molecule has 6 heteroatoms. The molecule has 18 heavy (non-hydrogen) atoms. The van der Waals surface area contributed by atoms with E-state index < -0.39 is 0 Å². The van der Waals surface area contributed by atoms with E-state index in [1.165, 1.54) is 37.3 Å². The third kappa shape index (κ3) is 2.41. The zero-order valence-electron chi connectivity index (χ0n) is 10.2. The quantitative estimate of drug-likeness (QED) is 0.668. The molecule has 3 fully saturated rings. The molecule has 1 N–H and O–H groups in total. The first-order valence-electron chi connectivity index (χ1n) is 6.40. The molecule has 1 atom stereocenters. The summed E-state index contributed by atoms with van der Waals surface area (Å²) in [7, 11) is 0. The predicted octanol–water partition coefficient (Wildman–Crippen LogP) is 1.84. The molecular weight excluding hydrogens is 250 g/mol. The first-order chi connectivity index (χ1) is 8.72. The summed E-state index contributed by atoms with van der Waals surface area (Å²) in [6, 6.07) is 2.24. The van der Waals surface area contributed by atoms with Crippen molar-refractivity contribution in [2.75, 3.05) is 19.6 Å². The van der Waals surface area contributed by atoms with Gasteiger partial charge in [-0.1, -0.05) is 11.3 Å². The third-order valence-electron chi connectivity index (χ3n) is 4.04. The molecule has 0 spiro atoms. The lowest BCUT2D eigenvalue weighted by atomic mass is 9.84. The SMILES string of the molecule is O=[N+]([O-])c1cc(CNC2CN3CCC2CC3)cs1. The molecule has 1 aromatic heterocycles. The number of thiophene rings is 1. The molecule has 0 amide bonds. The third-order valence-corrected chi connectivity index (χ3v) is 4.97. The van der Waals surface area contributed by atoms with E-state index >= 15 is 0 Å². The minimum Gasteiger partial charge on any atom is -0.308 e. The summed E-state index contributed by atoms with van der Waals surface area (Å²) in [4.78, 5) is 12.8. The fraction of sp³-hybridized carbons (Fsp3) is 0.667. The standard InChI is InChI=1S/C12H17N3O2S/c16-15(17)12-5-9(8-18-12)6-13-11-7-14-3-1-10(11)2-4-14/h5,8,10-11,13H,1-4,6-7H2. The highest BCUT2D eigenvalue weighted by atomic mass is 32.1. The number of rotatable bonds is 4. The highest BCUT2D eigenvalue weighted by Gasteiger charge is 2.33. The van der Waals surface area contributed by atoms with Crippen molar-refractivity contribution in [2.45, 2.75) is 25.4 Å². The van der Waals surface area contributed by atoms with Crippen molar-refractivity contribution >= 4 is 16.3 Å². The average molecular weight is 267 g/mol. The molecule has 1 unspecified atom stereocenters. The van der Waals surface area contributed by atoms with Crippen LogP contribution in [0.25, 0.3) is 0 Å². The number of fused-ring (bicyclic) bond motifs is 3. The summed E-state index contributed by atoms with van der Waals surface area (Å²) in [6.45, 7) is 4.37. The van der Waals surface area contributed by atoms with E-state index in [0.29, 0.717) is 6.04 Å². The maximum Gasteiger partial charge on any atom is 0.324 e. The van der Waals surface area contributed by atoms with E-state index in [1.807, 2.05) is 5.38 Å². The summed E-state index contributed by atoms with van der Waals surface area (Å²) in [5, 5.41) is 16.3. The van der Waals surface area contributed by atoms with Crippen molar-refractivity contribution in [2.24, 2.45) is 5.92 Å². The van der Waals surface area contributed by atoms with Crippen LogP contribution in [-0.2, 0) is 6.54 Å². The van der Waals surface area contributed by atoms with Gasteiger partial charge >= 0.3 is 5.00 Å². The smallest absolute Gasteiger partial charge is 0.308 e. The molecule has 2 bridgehead atoms. The van der Waals surface area contributed by atoms with Crippen molar-refractivity contribution in [3.63, 3.8) is 0 Å². The Hall–Kier alpha value is -0.980. The van der Waals surface area contributed by atoms with Crippen molar-refractivity contribution < 1.29 is 4.92 Å². The van der Waals surface area contributed by atoms with Gasteiger partial charge in [0.05, 0.1) is 4.92 Å². The summed E-state index contributed by atoms with van der Waals surface area (Å²) in [6.07, 6.45) is 2.59. The van der Waals surface area contributed by atoms with Gasteiger partial charge < -0.3 is 10.2 Å². The van der Waals surface area contributed by atoms with Crippen LogP contribution in [0.3, 0.4) is 0 Å². The van der Waals surface area contributed by atoms with Crippen molar-refractivity contribution in [3.8, 4) is 0 Å². The molecule has 0 aliphatic carbocycles. The van der Waals surface area contributed by atoms with E-state index in [9.17, 15) is 10.1 Å². The van der Waals surface area contributed by atoms with Gasteiger partial charge in [0, 0.05) is 30.6 Å². The predicted molar refractivity (Wildman–Crippen MR) is 70.8 cm³/mol. The molecule has 98 valence electrons. The monoisotopic (exact) mass is 267 g/mol. The molecule has 0 saturated carbocycles. The van der Waals surface area contributed by atoms with Crippen LogP contribution in [0.2, 0.25) is 0 Å². The zero-order valence-corrected chi connectivity index (χ0v) is 11.0. The lowest BCUT2D eigenvalue weighted by Crippen LogP contribution is -2.55. The molecule has 1 aromatic rings. The molecule has 4 rings (SSSR count).